The number of hydrogen-bond donors (Lipinski definition) is 2. The van der Waals surface area contributed by atoms with Crippen LogP contribution >= 0.6 is 11.6 Å². The molecule has 4 nitrogen and oxygen atoms in total. The highest BCUT2D eigenvalue weighted by Gasteiger charge is 2.22. The van der Waals surface area contributed by atoms with Gasteiger partial charge in [-0.05, 0) is 31.0 Å². The molecule has 0 saturated carbocycles. The summed E-state index contributed by atoms with van der Waals surface area (Å²) in [5.74, 6) is 0.917. The van der Waals surface area contributed by atoms with Crippen LogP contribution in [0, 0.1) is 5.92 Å². The molecule has 1 aliphatic rings. The van der Waals surface area contributed by atoms with Gasteiger partial charge in [-0.25, -0.2) is 0 Å². The number of para-hydroxylation sites is 1. The number of carbonyl (C=O) groups excluding carboxylic acids is 1. The fourth-order valence-corrected chi connectivity index (χ4v) is 2.33. The minimum absolute atomic E-state index is 0.00699. The topological polar surface area (TPSA) is 50.4 Å². The van der Waals surface area contributed by atoms with Crippen LogP contribution in [-0.2, 0) is 4.79 Å². The molecule has 0 bridgehead atoms. The summed E-state index contributed by atoms with van der Waals surface area (Å²) in [5, 5.41) is 6.78. The van der Waals surface area contributed by atoms with Crippen LogP contribution in [0.4, 0.5) is 0 Å². The highest BCUT2D eigenvalue weighted by molar-refractivity contribution is 6.32. The first-order chi connectivity index (χ1) is 9.16. The summed E-state index contributed by atoms with van der Waals surface area (Å²) in [6, 6.07) is 7.32. The highest BCUT2D eigenvalue weighted by atomic mass is 35.5. The minimum Gasteiger partial charge on any atom is -0.482 e. The number of rotatable bonds is 4. The first kappa shape index (κ1) is 14.2. The quantitative estimate of drug-likeness (QED) is 0.886. The molecule has 0 radical (unpaired) electrons. The molecule has 1 heterocycles. The summed E-state index contributed by atoms with van der Waals surface area (Å²) >= 11 is 5.96. The van der Waals surface area contributed by atoms with E-state index in [9.17, 15) is 4.79 Å². The number of nitrogens with one attached hydrogen (secondary N) is 2. The van der Waals surface area contributed by atoms with Gasteiger partial charge in [-0.3, -0.25) is 4.79 Å². The van der Waals surface area contributed by atoms with E-state index in [1.807, 2.05) is 12.1 Å². The number of carbonyl (C=O) groups is 1. The van der Waals surface area contributed by atoms with Gasteiger partial charge in [-0.1, -0.05) is 30.7 Å². The predicted molar refractivity (Wildman–Crippen MR) is 75.5 cm³/mol. The first-order valence-electron chi connectivity index (χ1n) is 6.54. The minimum atomic E-state index is -0.111. The van der Waals surface area contributed by atoms with E-state index >= 15 is 0 Å². The largest absolute Gasteiger partial charge is 0.482 e. The van der Waals surface area contributed by atoms with Crippen molar-refractivity contribution in [1.29, 1.82) is 0 Å². The van der Waals surface area contributed by atoms with Crippen molar-refractivity contribution in [3.63, 3.8) is 0 Å². The van der Waals surface area contributed by atoms with Gasteiger partial charge in [0.2, 0.25) is 0 Å². The van der Waals surface area contributed by atoms with E-state index in [-0.39, 0.29) is 18.6 Å². The van der Waals surface area contributed by atoms with E-state index in [0.29, 0.717) is 16.7 Å². The Morgan fingerprint density at radius 3 is 3.05 bits per heavy atom. The lowest BCUT2D eigenvalue weighted by atomic mass is 9.95. The van der Waals surface area contributed by atoms with Crippen molar-refractivity contribution < 1.29 is 9.53 Å². The molecule has 0 aromatic heterocycles. The van der Waals surface area contributed by atoms with E-state index in [4.69, 9.17) is 16.3 Å². The second-order valence-corrected chi connectivity index (χ2v) is 5.27. The van der Waals surface area contributed by atoms with Gasteiger partial charge in [0.15, 0.2) is 6.61 Å². The second kappa shape index (κ2) is 6.78. The Hall–Kier alpha value is -1.26. The van der Waals surface area contributed by atoms with Gasteiger partial charge >= 0.3 is 0 Å². The van der Waals surface area contributed by atoms with E-state index in [2.05, 4.69) is 17.6 Å². The Labute approximate surface area is 118 Å². The van der Waals surface area contributed by atoms with Crippen molar-refractivity contribution in [3.8, 4) is 5.75 Å². The summed E-state index contributed by atoms with van der Waals surface area (Å²) in [6.45, 7) is 3.98. The smallest absolute Gasteiger partial charge is 0.258 e. The van der Waals surface area contributed by atoms with Gasteiger partial charge in [0.1, 0.15) is 5.75 Å². The molecule has 2 N–H and O–H groups in total. The molecule has 19 heavy (non-hydrogen) atoms. The number of amides is 1. The average Bonchev–Trinajstić information content (AvgIpc) is 2.40. The number of piperidine rings is 1. The van der Waals surface area contributed by atoms with Gasteiger partial charge in [0, 0.05) is 12.6 Å². The first-order valence-corrected chi connectivity index (χ1v) is 6.92. The molecule has 2 atom stereocenters. The molecule has 0 aliphatic carbocycles. The molecule has 1 amide bonds. The Kier molecular flexibility index (Phi) is 5.05. The van der Waals surface area contributed by atoms with Crippen LogP contribution in [0.5, 0.6) is 5.75 Å². The van der Waals surface area contributed by atoms with Crippen molar-refractivity contribution in [2.45, 2.75) is 19.4 Å². The van der Waals surface area contributed by atoms with Gasteiger partial charge < -0.3 is 15.4 Å². The molecule has 2 rings (SSSR count). The zero-order valence-electron chi connectivity index (χ0n) is 11.0. The van der Waals surface area contributed by atoms with E-state index in [1.54, 1.807) is 12.1 Å². The Morgan fingerprint density at radius 2 is 2.32 bits per heavy atom. The molecular weight excluding hydrogens is 264 g/mol. The molecule has 5 heteroatoms. The summed E-state index contributed by atoms with van der Waals surface area (Å²) < 4.78 is 5.41. The molecule has 0 spiro atoms. The van der Waals surface area contributed by atoms with Crippen molar-refractivity contribution in [2.75, 3.05) is 19.7 Å². The van der Waals surface area contributed by atoms with Gasteiger partial charge in [-0.2, -0.15) is 0 Å². The van der Waals surface area contributed by atoms with Crippen LogP contribution in [0.15, 0.2) is 24.3 Å². The highest BCUT2D eigenvalue weighted by Crippen LogP contribution is 2.22. The standard InChI is InChI=1S/C14H19ClN2O2/c1-10-6-7-16-8-12(10)17-14(18)9-19-13-5-3-2-4-11(13)15/h2-5,10,12,16H,6-9H2,1H3,(H,17,18). The van der Waals surface area contributed by atoms with Crippen molar-refractivity contribution in [1.82, 2.24) is 10.6 Å². The third kappa shape index (κ3) is 4.11. The summed E-state index contributed by atoms with van der Waals surface area (Å²) in [4.78, 5) is 11.8. The van der Waals surface area contributed by atoms with Crippen LogP contribution < -0.4 is 15.4 Å². The zero-order valence-corrected chi connectivity index (χ0v) is 11.7. The Morgan fingerprint density at radius 1 is 1.53 bits per heavy atom. The van der Waals surface area contributed by atoms with Crippen LogP contribution in [0.2, 0.25) is 5.02 Å². The molecule has 2 unspecified atom stereocenters. The lowest BCUT2D eigenvalue weighted by Crippen LogP contribution is -2.51. The van der Waals surface area contributed by atoms with Crippen LogP contribution in [0.1, 0.15) is 13.3 Å². The fourth-order valence-electron chi connectivity index (χ4n) is 2.14. The third-order valence-electron chi connectivity index (χ3n) is 3.37. The van der Waals surface area contributed by atoms with Crippen molar-refractivity contribution in [2.24, 2.45) is 5.92 Å². The Bertz CT molecular complexity index is 439. The molecular formula is C14H19ClN2O2. The number of hydrogen-bond acceptors (Lipinski definition) is 3. The normalized spacial score (nSPS) is 22.8. The fraction of sp³-hybridized carbons (Fsp3) is 0.500. The molecule has 1 fully saturated rings. The van der Waals surface area contributed by atoms with E-state index in [0.717, 1.165) is 19.5 Å². The summed E-state index contributed by atoms with van der Waals surface area (Å²) in [6.07, 6.45) is 1.08. The molecule has 1 aromatic rings. The van der Waals surface area contributed by atoms with E-state index in [1.165, 1.54) is 0 Å². The van der Waals surface area contributed by atoms with Gasteiger partial charge in [-0.15, -0.1) is 0 Å². The maximum absolute atomic E-state index is 11.8. The summed E-state index contributed by atoms with van der Waals surface area (Å²) in [7, 11) is 0. The maximum atomic E-state index is 11.8. The van der Waals surface area contributed by atoms with Gasteiger partial charge in [0.05, 0.1) is 5.02 Å². The lowest BCUT2D eigenvalue weighted by Gasteiger charge is -2.30. The van der Waals surface area contributed by atoms with Crippen molar-refractivity contribution >= 4 is 17.5 Å². The lowest BCUT2D eigenvalue weighted by molar-refractivity contribution is -0.124. The van der Waals surface area contributed by atoms with Gasteiger partial charge in [0.25, 0.3) is 5.91 Å². The predicted octanol–water partition coefficient (Wildman–Crippen LogP) is 1.83. The third-order valence-corrected chi connectivity index (χ3v) is 3.68. The van der Waals surface area contributed by atoms with Crippen LogP contribution in [0.3, 0.4) is 0 Å². The number of halogens is 1. The average molecular weight is 283 g/mol. The SMILES string of the molecule is CC1CCNCC1NC(=O)COc1ccccc1Cl. The Balaban J connectivity index is 1.80. The second-order valence-electron chi connectivity index (χ2n) is 4.86. The van der Waals surface area contributed by atoms with Crippen LogP contribution in [-0.4, -0.2) is 31.6 Å². The van der Waals surface area contributed by atoms with E-state index < -0.39 is 0 Å². The number of benzene rings is 1. The monoisotopic (exact) mass is 282 g/mol. The van der Waals surface area contributed by atoms with Crippen molar-refractivity contribution in [3.05, 3.63) is 29.3 Å². The zero-order chi connectivity index (χ0) is 13.7. The number of ether oxygens (including phenoxy) is 1. The van der Waals surface area contributed by atoms with Crippen LogP contribution in [0.25, 0.3) is 0 Å². The summed E-state index contributed by atoms with van der Waals surface area (Å²) in [5.41, 5.74) is 0. The molecule has 1 aromatic carbocycles. The molecule has 104 valence electrons. The molecule has 1 aliphatic heterocycles. The maximum Gasteiger partial charge on any atom is 0.258 e. The molecule has 1 saturated heterocycles.